The van der Waals surface area contributed by atoms with Gasteiger partial charge >= 0.3 is 5.97 Å². The maximum Gasteiger partial charge on any atom is 0.335 e. The fraction of sp³-hybridized carbons (Fsp3) is 0.0625. The molecule has 0 saturated carbocycles. The Morgan fingerprint density at radius 3 is 2.36 bits per heavy atom. The molecule has 0 fully saturated rings. The van der Waals surface area contributed by atoms with Crippen LogP contribution in [0.15, 0.2) is 53.6 Å². The van der Waals surface area contributed by atoms with Crippen molar-refractivity contribution in [2.24, 2.45) is 5.10 Å². The van der Waals surface area contributed by atoms with Crippen molar-refractivity contribution in [1.29, 1.82) is 0 Å². The van der Waals surface area contributed by atoms with E-state index in [0.717, 1.165) is 11.3 Å². The van der Waals surface area contributed by atoms with Gasteiger partial charge in [-0.05, 0) is 49.0 Å². The predicted molar refractivity (Wildman–Crippen MR) is 91.5 cm³/mol. The summed E-state index contributed by atoms with van der Waals surface area (Å²) >= 11 is 5.13. The number of thiocarbonyl (C=S) groups is 1. The van der Waals surface area contributed by atoms with Gasteiger partial charge in [-0.1, -0.05) is 29.8 Å². The van der Waals surface area contributed by atoms with Gasteiger partial charge in [-0.3, -0.25) is 5.43 Å². The van der Waals surface area contributed by atoms with Crippen LogP contribution < -0.4 is 10.7 Å². The number of hydrogen-bond donors (Lipinski definition) is 3. The quantitative estimate of drug-likeness (QED) is 0.460. The van der Waals surface area contributed by atoms with Crippen LogP contribution in [0.2, 0.25) is 0 Å². The highest BCUT2D eigenvalue weighted by Crippen LogP contribution is 2.08. The van der Waals surface area contributed by atoms with Crippen LogP contribution in [0.25, 0.3) is 0 Å². The molecule has 0 aliphatic heterocycles. The van der Waals surface area contributed by atoms with E-state index in [1.165, 1.54) is 17.7 Å². The number of carbonyl (C=O) groups is 1. The lowest BCUT2D eigenvalue weighted by molar-refractivity contribution is 0.0697. The molecule has 2 rings (SSSR count). The first-order valence-corrected chi connectivity index (χ1v) is 6.95. The maximum absolute atomic E-state index is 10.7. The first-order valence-electron chi connectivity index (χ1n) is 6.55. The molecule has 0 aliphatic carbocycles. The van der Waals surface area contributed by atoms with Crippen LogP contribution >= 0.6 is 12.2 Å². The summed E-state index contributed by atoms with van der Waals surface area (Å²) in [6, 6.07) is 14.2. The smallest absolute Gasteiger partial charge is 0.335 e. The third-order valence-electron chi connectivity index (χ3n) is 2.85. The van der Waals surface area contributed by atoms with Crippen molar-refractivity contribution in [2.45, 2.75) is 6.92 Å². The first-order chi connectivity index (χ1) is 10.5. The van der Waals surface area contributed by atoms with Gasteiger partial charge in [0, 0.05) is 5.69 Å². The molecular formula is C16H15N3O2S. The average molecular weight is 313 g/mol. The summed E-state index contributed by atoms with van der Waals surface area (Å²) in [6.07, 6.45) is 1.56. The molecular weight excluding hydrogens is 298 g/mol. The van der Waals surface area contributed by atoms with Crippen LogP contribution in [0.1, 0.15) is 21.5 Å². The number of hydrazone groups is 1. The van der Waals surface area contributed by atoms with E-state index in [1.54, 1.807) is 18.3 Å². The topological polar surface area (TPSA) is 73.7 Å². The predicted octanol–water partition coefficient (Wildman–Crippen LogP) is 3.01. The molecule has 2 aromatic rings. The third-order valence-corrected chi connectivity index (χ3v) is 3.04. The molecule has 0 spiro atoms. The summed E-state index contributed by atoms with van der Waals surface area (Å²) in [5, 5.41) is 16.2. The summed E-state index contributed by atoms with van der Waals surface area (Å²) in [4.78, 5) is 10.7. The van der Waals surface area contributed by atoms with Gasteiger partial charge < -0.3 is 10.4 Å². The lowest BCUT2D eigenvalue weighted by Gasteiger charge is -2.06. The molecule has 0 bridgehead atoms. The van der Waals surface area contributed by atoms with Gasteiger partial charge in [0.15, 0.2) is 5.11 Å². The highest BCUT2D eigenvalue weighted by atomic mass is 32.1. The zero-order valence-electron chi connectivity index (χ0n) is 11.9. The van der Waals surface area contributed by atoms with Gasteiger partial charge in [-0.25, -0.2) is 4.79 Å². The summed E-state index contributed by atoms with van der Waals surface area (Å²) in [5.41, 5.74) is 5.77. The van der Waals surface area contributed by atoms with E-state index in [9.17, 15) is 4.79 Å². The molecule has 3 N–H and O–H groups in total. The second kappa shape index (κ2) is 7.33. The van der Waals surface area contributed by atoms with Gasteiger partial charge in [-0.15, -0.1) is 0 Å². The normalized spacial score (nSPS) is 10.4. The Bertz CT molecular complexity index is 694. The molecule has 0 atom stereocenters. The molecule has 0 aromatic heterocycles. The van der Waals surface area contributed by atoms with Crippen molar-refractivity contribution >= 4 is 35.2 Å². The Morgan fingerprint density at radius 1 is 1.14 bits per heavy atom. The van der Waals surface area contributed by atoms with Crippen molar-refractivity contribution in [3.05, 3.63) is 65.2 Å². The van der Waals surface area contributed by atoms with Gasteiger partial charge in [0.1, 0.15) is 0 Å². The highest BCUT2D eigenvalue weighted by molar-refractivity contribution is 7.80. The first kappa shape index (κ1) is 15.7. The lowest BCUT2D eigenvalue weighted by atomic mass is 10.1. The van der Waals surface area contributed by atoms with E-state index in [1.807, 2.05) is 31.2 Å². The Balaban J connectivity index is 1.87. The van der Waals surface area contributed by atoms with Crippen molar-refractivity contribution in [1.82, 2.24) is 5.43 Å². The van der Waals surface area contributed by atoms with E-state index in [4.69, 9.17) is 17.3 Å². The van der Waals surface area contributed by atoms with Crippen LogP contribution in [-0.4, -0.2) is 22.4 Å². The standard InChI is InChI=1S/C16H15N3O2S/c1-11-2-8-14(9-3-11)18-16(22)19-17-10-12-4-6-13(7-5-12)15(20)21/h2-10H,1H3,(H,20,21)(H2,18,19,22). The fourth-order valence-electron chi connectivity index (χ4n) is 1.67. The molecule has 0 unspecified atom stereocenters. The second-order valence-electron chi connectivity index (χ2n) is 4.62. The number of aryl methyl sites for hydroxylation is 1. The number of aromatic carboxylic acids is 1. The molecule has 5 nitrogen and oxygen atoms in total. The molecule has 6 heteroatoms. The monoisotopic (exact) mass is 313 g/mol. The number of carboxylic acids is 1. The Hall–Kier alpha value is -2.73. The Morgan fingerprint density at radius 2 is 1.77 bits per heavy atom. The number of carboxylic acid groups (broad SMARTS) is 1. The number of benzene rings is 2. The molecule has 0 aliphatic rings. The Labute approximate surface area is 133 Å². The van der Waals surface area contributed by atoms with Gasteiger partial charge in [0.05, 0.1) is 11.8 Å². The summed E-state index contributed by atoms with van der Waals surface area (Å²) in [6.45, 7) is 2.01. The molecule has 112 valence electrons. The van der Waals surface area contributed by atoms with E-state index in [-0.39, 0.29) is 5.56 Å². The SMILES string of the molecule is Cc1ccc(NC(=S)NN=Cc2ccc(C(=O)O)cc2)cc1. The molecule has 0 amide bonds. The zero-order chi connectivity index (χ0) is 15.9. The fourth-order valence-corrected chi connectivity index (χ4v) is 1.84. The number of rotatable bonds is 4. The summed E-state index contributed by atoms with van der Waals surface area (Å²) < 4.78 is 0. The molecule has 0 heterocycles. The van der Waals surface area contributed by atoms with Gasteiger partial charge in [0.2, 0.25) is 0 Å². The minimum atomic E-state index is -0.954. The molecule has 0 saturated heterocycles. The van der Waals surface area contributed by atoms with E-state index in [2.05, 4.69) is 15.8 Å². The van der Waals surface area contributed by atoms with Crippen LogP contribution in [0, 0.1) is 6.92 Å². The number of nitrogens with one attached hydrogen (secondary N) is 2. The highest BCUT2D eigenvalue weighted by Gasteiger charge is 2.00. The van der Waals surface area contributed by atoms with Crippen LogP contribution in [0.5, 0.6) is 0 Å². The van der Waals surface area contributed by atoms with E-state index >= 15 is 0 Å². The molecule has 2 aromatic carbocycles. The lowest BCUT2D eigenvalue weighted by Crippen LogP contribution is -2.23. The van der Waals surface area contributed by atoms with E-state index < -0.39 is 5.97 Å². The van der Waals surface area contributed by atoms with Crippen molar-refractivity contribution in [2.75, 3.05) is 5.32 Å². The second-order valence-corrected chi connectivity index (χ2v) is 5.03. The maximum atomic E-state index is 10.7. The third kappa shape index (κ3) is 4.68. The molecule has 22 heavy (non-hydrogen) atoms. The van der Waals surface area contributed by atoms with Gasteiger partial charge in [-0.2, -0.15) is 5.10 Å². The van der Waals surface area contributed by atoms with Crippen LogP contribution in [0.4, 0.5) is 5.69 Å². The number of hydrogen-bond acceptors (Lipinski definition) is 3. The molecule has 0 radical (unpaired) electrons. The number of anilines is 1. The Kier molecular flexibility index (Phi) is 5.21. The summed E-state index contributed by atoms with van der Waals surface area (Å²) in [5.74, 6) is -0.954. The summed E-state index contributed by atoms with van der Waals surface area (Å²) in [7, 11) is 0. The largest absolute Gasteiger partial charge is 0.478 e. The van der Waals surface area contributed by atoms with Crippen LogP contribution in [0.3, 0.4) is 0 Å². The minimum absolute atomic E-state index is 0.238. The van der Waals surface area contributed by atoms with E-state index in [0.29, 0.717) is 5.11 Å². The average Bonchev–Trinajstić information content (AvgIpc) is 2.50. The van der Waals surface area contributed by atoms with Crippen molar-refractivity contribution < 1.29 is 9.90 Å². The van der Waals surface area contributed by atoms with Crippen LogP contribution in [-0.2, 0) is 0 Å². The number of nitrogens with zero attached hydrogens (tertiary/aromatic N) is 1. The van der Waals surface area contributed by atoms with Crippen molar-refractivity contribution in [3.63, 3.8) is 0 Å². The van der Waals surface area contributed by atoms with Gasteiger partial charge in [0.25, 0.3) is 0 Å². The zero-order valence-corrected chi connectivity index (χ0v) is 12.7. The van der Waals surface area contributed by atoms with Crippen molar-refractivity contribution in [3.8, 4) is 0 Å². The minimum Gasteiger partial charge on any atom is -0.478 e.